The van der Waals surface area contributed by atoms with E-state index in [2.05, 4.69) is 5.32 Å². The van der Waals surface area contributed by atoms with Gasteiger partial charge >= 0.3 is 0 Å². The lowest BCUT2D eigenvalue weighted by Crippen LogP contribution is -2.45. The van der Waals surface area contributed by atoms with Crippen molar-refractivity contribution >= 4 is 29.1 Å². The molecule has 19 heavy (non-hydrogen) atoms. The van der Waals surface area contributed by atoms with Gasteiger partial charge in [-0.3, -0.25) is 19.7 Å². The van der Waals surface area contributed by atoms with Gasteiger partial charge in [-0.15, -0.1) is 11.3 Å². The number of aryl methyl sites for hydroxylation is 1. The van der Waals surface area contributed by atoms with Crippen molar-refractivity contribution in [1.29, 1.82) is 0 Å². The third-order valence-corrected chi connectivity index (χ3v) is 4.39. The number of amides is 3. The van der Waals surface area contributed by atoms with Gasteiger partial charge in [0.05, 0.1) is 11.3 Å². The summed E-state index contributed by atoms with van der Waals surface area (Å²) < 4.78 is 0. The Labute approximate surface area is 114 Å². The minimum absolute atomic E-state index is 0.0887. The van der Waals surface area contributed by atoms with Gasteiger partial charge in [0.2, 0.25) is 11.8 Å². The quantitative estimate of drug-likeness (QED) is 0.841. The van der Waals surface area contributed by atoms with Crippen LogP contribution in [0.3, 0.4) is 0 Å². The van der Waals surface area contributed by atoms with E-state index in [1.165, 1.54) is 11.3 Å². The number of nitrogens with zero attached hydrogens (tertiary/aromatic N) is 1. The first kappa shape index (κ1) is 12.3. The van der Waals surface area contributed by atoms with Crippen molar-refractivity contribution in [2.45, 2.75) is 38.3 Å². The van der Waals surface area contributed by atoms with E-state index in [9.17, 15) is 14.4 Å². The third-order valence-electron chi connectivity index (χ3n) is 3.41. The molecule has 100 valence electrons. The van der Waals surface area contributed by atoms with Gasteiger partial charge in [-0.25, -0.2) is 0 Å². The summed E-state index contributed by atoms with van der Waals surface area (Å²) in [6, 6.07) is 3.15. The van der Waals surface area contributed by atoms with Crippen molar-refractivity contribution in [3.05, 3.63) is 21.9 Å². The van der Waals surface area contributed by atoms with Crippen LogP contribution in [0.4, 0.5) is 0 Å². The molecule has 0 bridgehead atoms. The second-order valence-corrected chi connectivity index (χ2v) is 6.27. The Kier molecular flexibility index (Phi) is 2.89. The molecule has 1 atom stereocenters. The number of nitrogens with one attached hydrogen (secondary N) is 1. The molecule has 2 heterocycles. The van der Waals surface area contributed by atoms with Gasteiger partial charge in [0, 0.05) is 10.9 Å². The maximum absolute atomic E-state index is 12.5. The molecule has 0 spiro atoms. The fraction of sp³-hybridized carbons (Fsp3) is 0.462. The van der Waals surface area contributed by atoms with Crippen LogP contribution in [0, 0.1) is 6.92 Å². The van der Waals surface area contributed by atoms with Gasteiger partial charge < -0.3 is 4.90 Å². The fourth-order valence-corrected chi connectivity index (χ4v) is 3.17. The van der Waals surface area contributed by atoms with E-state index in [0.29, 0.717) is 4.88 Å². The van der Waals surface area contributed by atoms with Gasteiger partial charge in [0.1, 0.15) is 6.04 Å². The highest BCUT2D eigenvalue weighted by Crippen LogP contribution is 2.33. The monoisotopic (exact) mass is 278 g/mol. The predicted molar refractivity (Wildman–Crippen MR) is 69.8 cm³/mol. The SMILES string of the molecule is Cc1ccc(C(=O)N(C2CC2)C2CC(=O)NC2=O)s1. The molecule has 2 fully saturated rings. The Balaban J connectivity index is 1.87. The summed E-state index contributed by atoms with van der Waals surface area (Å²) in [5.74, 6) is -0.773. The molecule has 3 rings (SSSR count). The van der Waals surface area contributed by atoms with E-state index in [1.54, 1.807) is 11.0 Å². The van der Waals surface area contributed by atoms with Crippen molar-refractivity contribution in [2.24, 2.45) is 0 Å². The summed E-state index contributed by atoms with van der Waals surface area (Å²) in [5.41, 5.74) is 0. The molecule has 0 radical (unpaired) electrons. The summed E-state index contributed by atoms with van der Waals surface area (Å²) >= 11 is 1.42. The number of carbonyl (C=O) groups excluding carboxylic acids is 3. The molecule has 2 aliphatic rings. The second-order valence-electron chi connectivity index (χ2n) is 4.99. The van der Waals surface area contributed by atoms with E-state index in [-0.39, 0.29) is 30.2 Å². The topological polar surface area (TPSA) is 66.5 Å². The molecule has 5 nitrogen and oxygen atoms in total. The van der Waals surface area contributed by atoms with Crippen molar-refractivity contribution < 1.29 is 14.4 Å². The molecular formula is C13H14N2O3S. The number of imide groups is 1. The van der Waals surface area contributed by atoms with Crippen LogP contribution >= 0.6 is 11.3 Å². The van der Waals surface area contributed by atoms with Gasteiger partial charge in [-0.2, -0.15) is 0 Å². The maximum atomic E-state index is 12.5. The van der Waals surface area contributed by atoms with Gasteiger partial charge in [-0.1, -0.05) is 0 Å². The van der Waals surface area contributed by atoms with Crippen LogP contribution < -0.4 is 5.32 Å². The van der Waals surface area contributed by atoms with Crippen LogP contribution in [0.25, 0.3) is 0 Å². The van der Waals surface area contributed by atoms with Crippen LogP contribution in [-0.4, -0.2) is 34.7 Å². The molecule has 1 aromatic rings. The zero-order valence-electron chi connectivity index (χ0n) is 10.5. The Morgan fingerprint density at radius 1 is 1.37 bits per heavy atom. The van der Waals surface area contributed by atoms with E-state index in [1.807, 2.05) is 13.0 Å². The zero-order valence-corrected chi connectivity index (χ0v) is 11.3. The molecule has 1 unspecified atom stereocenters. The summed E-state index contributed by atoms with van der Waals surface area (Å²) in [6.45, 7) is 1.94. The molecule has 1 aliphatic carbocycles. The lowest BCUT2D eigenvalue weighted by molar-refractivity contribution is -0.126. The number of carbonyl (C=O) groups is 3. The minimum atomic E-state index is -0.630. The Bertz CT molecular complexity index is 562. The van der Waals surface area contributed by atoms with Crippen LogP contribution in [0.15, 0.2) is 12.1 Å². The first-order valence-electron chi connectivity index (χ1n) is 6.29. The highest BCUT2D eigenvalue weighted by atomic mass is 32.1. The number of hydrogen-bond acceptors (Lipinski definition) is 4. The molecule has 1 aliphatic heterocycles. The van der Waals surface area contributed by atoms with Crippen LogP contribution in [0.5, 0.6) is 0 Å². The third kappa shape index (κ3) is 2.28. The number of thiophene rings is 1. The molecule has 1 N–H and O–H groups in total. The standard InChI is InChI=1S/C13H14N2O3S/c1-7-2-5-10(19-7)13(18)15(8-3-4-8)9-6-11(16)14-12(9)17/h2,5,8-9H,3-4,6H2,1H3,(H,14,16,17). The molecule has 3 amide bonds. The maximum Gasteiger partial charge on any atom is 0.264 e. The Hall–Kier alpha value is -1.69. The summed E-state index contributed by atoms with van der Waals surface area (Å²) in [4.78, 5) is 38.9. The summed E-state index contributed by atoms with van der Waals surface area (Å²) in [5, 5.41) is 2.27. The fourth-order valence-electron chi connectivity index (χ4n) is 2.36. The number of rotatable bonds is 3. The Morgan fingerprint density at radius 3 is 2.58 bits per heavy atom. The molecular weight excluding hydrogens is 264 g/mol. The number of hydrogen-bond donors (Lipinski definition) is 1. The normalized spacial score (nSPS) is 22.5. The highest BCUT2D eigenvalue weighted by Gasteiger charge is 2.45. The lowest BCUT2D eigenvalue weighted by Gasteiger charge is -2.26. The second kappa shape index (κ2) is 4.45. The van der Waals surface area contributed by atoms with Gasteiger partial charge in [0.15, 0.2) is 0 Å². The Morgan fingerprint density at radius 2 is 2.11 bits per heavy atom. The van der Waals surface area contributed by atoms with Crippen LogP contribution in [0.1, 0.15) is 33.8 Å². The molecule has 0 aromatic carbocycles. The molecule has 6 heteroatoms. The van der Waals surface area contributed by atoms with Gasteiger partial charge in [-0.05, 0) is 31.9 Å². The largest absolute Gasteiger partial charge is 0.322 e. The van der Waals surface area contributed by atoms with E-state index in [0.717, 1.165) is 17.7 Å². The predicted octanol–water partition coefficient (Wildman–Crippen LogP) is 1.08. The minimum Gasteiger partial charge on any atom is -0.322 e. The van der Waals surface area contributed by atoms with Crippen molar-refractivity contribution in [2.75, 3.05) is 0 Å². The first-order valence-corrected chi connectivity index (χ1v) is 7.10. The molecule has 1 saturated carbocycles. The average Bonchev–Trinajstić information content (AvgIpc) is 3.00. The van der Waals surface area contributed by atoms with E-state index >= 15 is 0 Å². The van der Waals surface area contributed by atoms with Crippen molar-refractivity contribution in [3.8, 4) is 0 Å². The van der Waals surface area contributed by atoms with Crippen LogP contribution in [-0.2, 0) is 9.59 Å². The summed E-state index contributed by atoms with van der Waals surface area (Å²) in [6.07, 6.45) is 1.91. The zero-order chi connectivity index (χ0) is 13.6. The van der Waals surface area contributed by atoms with Crippen LogP contribution in [0.2, 0.25) is 0 Å². The first-order chi connectivity index (χ1) is 9.06. The average molecular weight is 278 g/mol. The van der Waals surface area contributed by atoms with Gasteiger partial charge in [0.25, 0.3) is 5.91 Å². The highest BCUT2D eigenvalue weighted by molar-refractivity contribution is 7.13. The van der Waals surface area contributed by atoms with E-state index < -0.39 is 6.04 Å². The molecule has 1 aromatic heterocycles. The molecule has 1 saturated heterocycles. The van der Waals surface area contributed by atoms with Crippen molar-refractivity contribution in [1.82, 2.24) is 10.2 Å². The lowest BCUT2D eigenvalue weighted by atomic mass is 10.2. The van der Waals surface area contributed by atoms with E-state index in [4.69, 9.17) is 0 Å². The van der Waals surface area contributed by atoms with Crippen molar-refractivity contribution in [3.63, 3.8) is 0 Å². The summed E-state index contributed by atoms with van der Waals surface area (Å²) in [7, 11) is 0. The smallest absolute Gasteiger partial charge is 0.264 e.